The Morgan fingerprint density at radius 2 is 0.591 bits per heavy atom. The van der Waals surface area contributed by atoms with Crippen LogP contribution in [0.3, 0.4) is 0 Å². The number of methoxy groups -OCH3 is 8. The average Bonchev–Trinajstić information content (AvgIpc) is 1.65. The zero-order valence-corrected chi connectivity index (χ0v) is 86.2. The van der Waals surface area contributed by atoms with E-state index in [2.05, 4.69) is 63.8 Å². The number of aliphatic hydroxyl groups is 1. The van der Waals surface area contributed by atoms with Crippen molar-refractivity contribution in [3.8, 4) is 91.8 Å². The van der Waals surface area contributed by atoms with Gasteiger partial charge in [0.1, 0.15) is 62.6 Å². The van der Waals surface area contributed by atoms with Crippen LogP contribution >= 0.6 is 62.1 Å². The maximum atomic E-state index is 12.9. The summed E-state index contributed by atoms with van der Waals surface area (Å²) in [5.74, 6) is 5.00. The van der Waals surface area contributed by atoms with Crippen molar-refractivity contribution in [1.82, 2.24) is 33.1 Å². The smallest absolute Gasteiger partial charge is 0.494 e. The molecule has 1 N–H and O–H groups in total. The number of carbonyl (C=O) groups is 8. The van der Waals surface area contributed by atoms with Crippen LogP contribution < -0.4 is 60.6 Å². The van der Waals surface area contributed by atoms with Crippen molar-refractivity contribution in [2.24, 2.45) is 0 Å². The van der Waals surface area contributed by atoms with Gasteiger partial charge < -0.3 is 47.7 Å². The van der Waals surface area contributed by atoms with Gasteiger partial charge in [0.05, 0.1) is 83.2 Å². The molecule has 716 valence electrons. The van der Waals surface area contributed by atoms with E-state index in [4.69, 9.17) is 73.5 Å². The van der Waals surface area contributed by atoms with Crippen molar-refractivity contribution in [3.63, 3.8) is 0 Å². The van der Waals surface area contributed by atoms with Gasteiger partial charge >= 0.3 is 163 Å². The number of fused-ring (bicyclic) bond motifs is 3. The third-order valence-electron chi connectivity index (χ3n) is 20.7. The van der Waals surface area contributed by atoms with Crippen molar-refractivity contribution < 1.29 is 100 Å². The van der Waals surface area contributed by atoms with Crippen molar-refractivity contribution in [1.29, 1.82) is 0 Å². The Kier molecular flexibility index (Phi) is 41.2. The van der Waals surface area contributed by atoms with Crippen LogP contribution in [0.5, 0.6) is 69.0 Å². The van der Waals surface area contributed by atoms with E-state index in [1.165, 1.54) is 63.0 Å². The predicted molar refractivity (Wildman–Crippen MR) is 539 cm³/mol. The second kappa shape index (κ2) is 53.1. The van der Waals surface area contributed by atoms with Crippen LogP contribution in [0.4, 0.5) is 0 Å². The van der Waals surface area contributed by atoms with Crippen molar-refractivity contribution in [2.75, 3.05) is 89.9 Å². The van der Waals surface area contributed by atoms with Crippen molar-refractivity contribution in [3.05, 3.63) is 249 Å². The van der Waals surface area contributed by atoms with Gasteiger partial charge in [-0.15, -0.1) is 0 Å². The van der Waals surface area contributed by atoms with Crippen LogP contribution in [0.25, 0.3) is 53.0 Å². The van der Waals surface area contributed by atoms with E-state index >= 15 is 0 Å². The van der Waals surface area contributed by atoms with Gasteiger partial charge in [0.15, 0.2) is 80.1 Å². The van der Waals surface area contributed by atoms with Gasteiger partial charge in [0.2, 0.25) is 0 Å². The summed E-state index contributed by atoms with van der Waals surface area (Å²) in [6, 6.07) is 56.9. The fourth-order valence-electron chi connectivity index (χ4n) is 13.5. The van der Waals surface area contributed by atoms with E-state index in [9.17, 15) is 38.4 Å². The quantitative estimate of drug-likeness (QED) is 0.0211. The Morgan fingerprint density at radius 3 is 0.905 bits per heavy atom. The van der Waals surface area contributed by atoms with E-state index in [-0.39, 0.29) is 128 Å². The third kappa shape index (κ3) is 29.2. The molecule has 7 aromatic carbocycles. The number of pyridine rings is 4. The van der Waals surface area contributed by atoms with Gasteiger partial charge in [-0.1, -0.05) is 87.0 Å². The first-order chi connectivity index (χ1) is 66.2. The number of nitrogens with zero attached hydrogens (tertiary/aromatic N) is 7. The second-order valence-electron chi connectivity index (χ2n) is 31.2. The van der Waals surface area contributed by atoms with Crippen LogP contribution in [0, 0.1) is 0 Å². The number of aliphatic hydroxyl groups excluding tert-OH is 1. The van der Waals surface area contributed by atoms with E-state index in [1.54, 1.807) is 150 Å². The van der Waals surface area contributed by atoms with Gasteiger partial charge in [-0.2, -0.15) is 13.1 Å². The summed E-state index contributed by atoms with van der Waals surface area (Å²) in [5, 5.41) is 12.5. The molecule has 0 aliphatic rings. The van der Waals surface area contributed by atoms with E-state index in [0.717, 1.165) is 59.0 Å². The van der Waals surface area contributed by atoms with Crippen LogP contribution in [-0.2, 0) is 0 Å². The zero-order chi connectivity index (χ0) is 98.7. The SMILES string of the molecule is CCCOc1ccc(C(=O)CCC(=O)c2ccc(OC)[c]([Sn]([CH3])([CH3])[CH3])n2)cc1OC.CCCOc1ccc(C(=O)CCC(=O)c2ccc(OC)c(-c3nsc4ccccc34)n2)cc1OC.CCCOc1ccc(C(=O)CCC(=O)c2ccc(OC)c(Br)n2)cc1OC.COc1cc(C(=O)CCC(=O)c2ccc(OC)c(-c3nsc4ccccc34)n2)ccc1OCCO.Clc1nsc2ccccc12. The number of ether oxygens (including phenoxy) is 12. The number of benzene rings is 7. The van der Waals surface area contributed by atoms with Gasteiger partial charge in [0, 0.05) is 71.4 Å². The van der Waals surface area contributed by atoms with Crippen LogP contribution in [-0.4, -0.2) is 193 Å². The van der Waals surface area contributed by atoms with Crippen molar-refractivity contribution >= 4 is 161 Å². The van der Waals surface area contributed by atoms with Gasteiger partial charge in [-0.3, -0.25) is 28.8 Å². The molecule has 0 spiro atoms. The minimum atomic E-state index is -2.55. The molecule has 0 saturated heterocycles. The first kappa shape index (κ1) is 106. The molecule has 0 bridgehead atoms. The molecule has 0 unspecified atom stereocenters. The molecule has 0 radical (unpaired) electrons. The Morgan fingerprint density at radius 1 is 0.314 bits per heavy atom. The number of ketones is 8. The predicted octanol–water partition coefficient (Wildman–Crippen LogP) is 22.3. The van der Waals surface area contributed by atoms with Crippen molar-refractivity contribution in [2.45, 2.75) is 106 Å². The first-order valence-corrected chi connectivity index (χ1v) is 57.3. The standard InChI is InChI=1S/C27H26N2O5S.C26H24N2O6S.C20H22BrNO5.C20H22NO5.C7H4ClNS.3CH3.Sn/c1-4-15-34-22-13-9-17(16-24(22)33-3)20(30)11-12-21(31)19-10-14-23(32-2)27(28-19)26-18-7-5-6-8-25(18)35-29-26;1-32-22-12-8-18(27-26(22)25-17-5-3-4-6-24(17)35-28-25)20(31)10-9-19(30)16-7-11-21(34-14-13-29)23(15-16)33-2;1-4-11-27-17-9-5-13(12-19(17)26-3)15(23)7-8-16(24)14-6-10-18(25-2)20(21)22-14;1-4-11-26-19-10-5-14(12-20(19)25-3)17(22)8-9-18(23)16-7-6-15(24-2)13-21-16;8-7-5-3-1-2-4-6(5)10-9-7;;;;/h5-10,13-14,16H,4,11-12,15H2,1-3H3;3-8,11-12,15,29H,9-10,13-14H2,1-2H3;5-6,9-10,12H,4,7-8,11H2,1-3H3;5-7,10,12H,4,8-9,11H2,1-3H3;1-4H;3*1H3;. The van der Waals surface area contributed by atoms with Gasteiger partial charge in [0.25, 0.3) is 0 Å². The summed E-state index contributed by atoms with van der Waals surface area (Å²) in [6.45, 7) is 7.74. The monoisotopic (exact) mass is 2110 g/mol. The third-order valence-corrected chi connectivity index (χ3v) is 29.2. The van der Waals surface area contributed by atoms with Crippen LogP contribution in [0.15, 0.2) is 199 Å². The fourth-order valence-corrected chi connectivity index (χ4v) is 20.5. The Labute approximate surface area is 824 Å². The first-order valence-electron chi connectivity index (χ1n) is 43.8. The zero-order valence-electron chi connectivity index (χ0n) is 78.5. The minimum Gasteiger partial charge on any atom is -0.494 e. The normalized spacial score (nSPS) is 10.8. The fraction of sp³-hybridized carbons (Fsp3) is 0.291. The number of hydrogen-bond donors (Lipinski definition) is 1. The average molecular weight is 2110 g/mol. The van der Waals surface area contributed by atoms with Crippen LogP contribution in [0.2, 0.25) is 20.0 Å². The minimum absolute atomic E-state index is 0.000491. The maximum absolute atomic E-state index is 12.9. The summed E-state index contributed by atoms with van der Waals surface area (Å²) < 4.78 is 82.6. The topological polar surface area (TPSA) is 358 Å². The molecular formula is C103H107BrClN7O21S3Sn. The molecule has 0 aliphatic heterocycles. The molecule has 14 rings (SSSR count). The summed E-state index contributed by atoms with van der Waals surface area (Å²) in [5.41, 5.74) is 5.38. The molecule has 34 heteroatoms. The second-order valence-corrected chi connectivity index (χ2v) is 48.9. The summed E-state index contributed by atoms with van der Waals surface area (Å²) in [4.78, 5) is 126. The number of rotatable bonds is 43. The van der Waals surface area contributed by atoms with Gasteiger partial charge in [-0.25, -0.2) is 15.0 Å². The summed E-state index contributed by atoms with van der Waals surface area (Å²) >= 11 is 10.6. The molecule has 137 heavy (non-hydrogen) atoms. The number of Topliss-reactive ketones (excluding diaryl/α,β-unsaturated/α-hetero) is 8. The number of halogens is 2. The Balaban J connectivity index is 0.000000183. The van der Waals surface area contributed by atoms with E-state index in [1.807, 2.05) is 93.6 Å². The number of aromatic nitrogens is 7. The Hall–Kier alpha value is -12.7. The molecule has 7 heterocycles. The molecule has 0 fully saturated rings. The number of hydrogen-bond acceptors (Lipinski definition) is 31. The Bertz CT molecular complexity index is 6360. The molecule has 0 atom stereocenters. The van der Waals surface area contributed by atoms with E-state index in [0.29, 0.717) is 144 Å². The van der Waals surface area contributed by atoms with E-state index < -0.39 is 18.4 Å². The molecular weight excluding hydrogens is 2000 g/mol. The summed E-state index contributed by atoms with van der Waals surface area (Å²) in [7, 11) is 12.3. The molecule has 0 saturated carbocycles. The molecule has 7 aromatic heterocycles. The molecule has 14 aromatic rings. The van der Waals surface area contributed by atoms with Gasteiger partial charge in [-0.05, 0) is 179 Å². The molecule has 28 nitrogen and oxygen atoms in total. The number of carbonyl (C=O) groups excluding carboxylic acids is 8. The molecule has 0 aliphatic carbocycles. The summed E-state index contributed by atoms with van der Waals surface area (Å²) in [6.07, 6.45) is 3.10. The van der Waals surface area contributed by atoms with Crippen LogP contribution in [0.1, 0.15) is 175 Å². The molecule has 0 amide bonds.